The molecule has 4 rings (SSSR count). The third-order valence-electron chi connectivity index (χ3n) is 6.57. The van der Waals surface area contributed by atoms with Crippen molar-refractivity contribution in [3.63, 3.8) is 0 Å². The Labute approximate surface area is 190 Å². The number of hydrogen-bond donors (Lipinski definition) is 0. The van der Waals surface area contributed by atoms with Gasteiger partial charge in [-0.15, -0.1) is 0 Å². The lowest BCUT2D eigenvalue weighted by Gasteiger charge is -2.36. The highest BCUT2D eigenvalue weighted by Crippen LogP contribution is 2.20. The number of ketones is 1. The number of hydrogen-bond acceptors (Lipinski definition) is 5. The summed E-state index contributed by atoms with van der Waals surface area (Å²) >= 11 is 0. The SMILES string of the molecule is CCC(=O)c1ccc(N2CCN(CCN(C)C(=O)c3ccc4c(c3)CCOC4)CC2)cc1. The molecule has 1 fully saturated rings. The quantitative estimate of drug-likeness (QED) is 0.625. The zero-order chi connectivity index (χ0) is 22.5. The highest BCUT2D eigenvalue weighted by molar-refractivity contribution is 5.96. The van der Waals surface area contributed by atoms with Gasteiger partial charge >= 0.3 is 0 Å². The summed E-state index contributed by atoms with van der Waals surface area (Å²) in [5.74, 6) is 0.268. The Morgan fingerprint density at radius 2 is 1.69 bits per heavy atom. The van der Waals surface area contributed by atoms with Crippen LogP contribution in [0, 0.1) is 0 Å². The summed E-state index contributed by atoms with van der Waals surface area (Å²) in [6.45, 7) is 8.69. The number of carbonyl (C=O) groups excluding carboxylic acids is 2. The Kier molecular flexibility index (Phi) is 7.22. The van der Waals surface area contributed by atoms with Gasteiger partial charge in [0, 0.05) is 69.6 Å². The Bertz CT molecular complexity index is 949. The van der Waals surface area contributed by atoms with Gasteiger partial charge in [-0.25, -0.2) is 0 Å². The Morgan fingerprint density at radius 3 is 2.41 bits per heavy atom. The van der Waals surface area contributed by atoms with E-state index in [1.54, 1.807) is 0 Å². The van der Waals surface area contributed by atoms with Crippen molar-refractivity contribution in [1.29, 1.82) is 0 Å². The predicted octanol–water partition coefficient (Wildman–Crippen LogP) is 3.25. The van der Waals surface area contributed by atoms with Crippen molar-refractivity contribution < 1.29 is 14.3 Å². The third kappa shape index (κ3) is 5.19. The van der Waals surface area contributed by atoms with Gasteiger partial charge in [0.15, 0.2) is 5.78 Å². The third-order valence-corrected chi connectivity index (χ3v) is 6.57. The van der Waals surface area contributed by atoms with Gasteiger partial charge in [-0.2, -0.15) is 0 Å². The molecule has 2 aromatic carbocycles. The summed E-state index contributed by atoms with van der Waals surface area (Å²) in [5, 5.41) is 0. The van der Waals surface area contributed by atoms with Crippen LogP contribution >= 0.6 is 0 Å². The Balaban J connectivity index is 1.25. The van der Waals surface area contributed by atoms with Crippen LogP contribution in [0.25, 0.3) is 0 Å². The molecular formula is C26H33N3O3. The van der Waals surface area contributed by atoms with E-state index in [0.717, 1.165) is 56.9 Å². The van der Waals surface area contributed by atoms with Crippen LogP contribution in [0.4, 0.5) is 5.69 Å². The smallest absolute Gasteiger partial charge is 0.253 e. The number of ether oxygens (including phenoxy) is 1. The molecule has 0 spiro atoms. The molecule has 0 atom stereocenters. The number of nitrogens with zero attached hydrogens (tertiary/aromatic N) is 3. The molecule has 2 aromatic rings. The second-order valence-electron chi connectivity index (χ2n) is 8.67. The summed E-state index contributed by atoms with van der Waals surface area (Å²) < 4.78 is 5.49. The molecule has 0 bridgehead atoms. The number of fused-ring (bicyclic) bond motifs is 1. The topological polar surface area (TPSA) is 53.1 Å². The fourth-order valence-electron chi connectivity index (χ4n) is 4.40. The summed E-state index contributed by atoms with van der Waals surface area (Å²) in [6, 6.07) is 14.0. The number of likely N-dealkylation sites (N-methyl/N-ethyl adjacent to an activating group) is 1. The lowest BCUT2D eigenvalue weighted by molar-refractivity contribution is 0.0775. The average molecular weight is 436 g/mol. The van der Waals surface area contributed by atoms with Crippen molar-refractivity contribution in [3.8, 4) is 0 Å². The first-order valence-corrected chi connectivity index (χ1v) is 11.6. The summed E-state index contributed by atoms with van der Waals surface area (Å²) in [6.07, 6.45) is 1.42. The van der Waals surface area contributed by atoms with Crippen molar-refractivity contribution in [2.45, 2.75) is 26.4 Å². The van der Waals surface area contributed by atoms with E-state index in [9.17, 15) is 9.59 Å². The fourth-order valence-corrected chi connectivity index (χ4v) is 4.40. The predicted molar refractivity (Wildman–Crippen MR) is 126 cm³/mol. The van der Waals surface area contributed by atoms with E-state index in [0.29, 0.717) is 19.6 Å². The van der Waals surface area contributed by atoms with Gasteiger partial charge in [0.2, 0.25) is 0 Å². The summed E-state index contributed by atoms with van der Waals surface area (Å²) in [5.41, 5.74) is 5.15. The van der Waals surface area contributed by atoms with Crippen LogP contribution in [0.15, 0.2) is 42.5 Å². The maximum absolute atomic E-state index is 12.9. The Hall–Kier alpha value is -2.70. The maximum atomic E-state index is 12.9. The molecule has 170 valence electrons. The van der Waals surface area contributed by atoms with Gasteiger partial charge in [0.05, 0.1) is 13.2 Å². The van der Waals surface area contributed by atoms with Gasteiger partial charge < -0.3 is 14.5 Å². The van der Waals surface area contributed by atoms with Gasteiger partial charge in [-0.05, 0) is 53.9 Å². The monoisotopic (exact) mass is 435 g/mol. The number of anilines is 1. The normalized spacial score (nSPS) is 16.5. The van der Waals surface area contributed by atoms with E-state index in [4.69, 9.17) is 4.74 Å². The highest BCUT2D eigenvalue weighted by atomic mass is 16.5. The molecule has 6 heteroatoms. The van der Waals surface area contributed by atoms with E-state index in [1.807, 2.05) is 49.2 Å². The van der Waals surface area contributed by atoms with E-state index < -0.39 is 0 Å². The highest BCUT2D eigenvalue weighted by Gasteiger charge is 2.20. The van der Waals surface area contributed by atoms with E-state index >= 15 is 0 Å². The number of amides is 1. The molecule has 0 saturated carbocycles. The molecule has 1 saturated heterocycles. The summed E-state index contributed by atoms with van der Waals surface area (Å²) in [4.78, 5) is 31.3. The first kappa shape index (κ1) is 22.5. The molecule has 2 aliphatic heterocycles. The van der Waals surface area contributed by atoms with Gasteiger partial charge in [0.25, 0.3) is 5.91 Å². The molecule has 32 heavy (non-hydrogen) atoms. The number of piperazine rings is 1. The van der Waals surface area contributed by atoms with Crippen LogP contribution in [-0.4, -0.2) is 74.4 Å². The van der Waals surface area contributed by atoms with Gasteiger partial charge in [0.1, 0.15) is 0 Å². The van der Waals surface area contributed by atoms with E-state index in [2.05, 4.69) is 21.9 Å². The van der Waals surface area contributed by atoms with Crippen molar-refractivity contribution in [1.82, 2.24) is 9.80 Å². The number of rotatable bonds is 7. The number of Topliss-reactive ketones (excluding diaryl/α,β-unsaturated/α-hetero) is 1. The first-order chi connectivity index (χ1) is 15.5. The zero-order valence-corrected chi connectivity index (χ0v) is 19.2. The van der Waals surface area contributed by atoms with Crippen LogP contribution in [0.2, 0.25) is 0 Å². The Morgan fingerprint density at radius 1 is 0.969 bits per heavy atom. The van der Waals surface area contributed by atoms with Crippen LogP contribution in [0.3, 0.4) is 0 Å². The molecule has 0 aliphatic carbocycles. The lowest BCUT2D eigenvalue weighted by atomic mass is 10.00. The van der Waals surface area contributed by atoms with Crippen molar-refractivity contribution in [2.24, 2.45) is 0 Å². The molecule has 0 unspecified atom stereocenters. The van der Waals surface area contributed by atoms with E-state index in [-0.39, 0.29) is 11.7 Å². The molecule has 2 heterocycles. The number of carbonyl (C=O) groups is 2. The van der Waals surface area contributed by atoms with Crippen LogP contribution < -0.4 is 4.90 Å². The van der Waals surface area contributed by atoms with Crippen LogP contribution in [-0.2, 0) is 17.8 Å². The molecular weight excluding hydrogens is 402 g/mol. The first-order valence-electron chi connectivity index (χ1n) is 11.6. The molecule has 0 aromatic heterocycles. The summed E-state index contributed by atoms with van der Waals surface area (Å²) in [7, 11) is 1.89. The van der Waals surface area contributed by atoms with Crippen LogP contribution in [0.1, 0.15) is 45.2 Å². The minimum absolute atomic E-state index is 0.0830. The van der Waals surface area contributed by atoms with E-state index in [1.165, 1.54) is 16.8 Å². The zero-order valence-electron chi connectivity index (χ0n) is 19.2. The molecule has 6 nitrogen and oxygen atoms in total. The van der Waals surface area contributed by atoms with Crippen molar-refractivity contribution >= 4 is 17.4 Å². The second kappa shape index (κ2) is 10.3. The van der Waals surface area contributed by atoms with Crippen LogP contribution in [0.5, 0.6) is 0 Å². The standard InChI is InChI=1S/C26H33N3O3/c1-3-25(30)20-6-8-24(9-7-20)29-15-13-28(14-16-29)12-11-27(2)26(31)22-4-5-23-19-32-17-10-21(23)18-22/h4-9,18H,3,10-17,19H2,1-2H3. The molecule has 0 radical (unpaired) electrons. The lowest BCUT2D eigenvalue weighted by Crippen LogP contribution is -2.48. The average Bonchev–Trinajstić information content (AvgIpc) is 2.86. The fraction of sp³-hybridized carbons (Fsp3) is 0.462. The molecule has 2 aliphatic rings. The van der Waals surface area contributed by atoms with Gasteiger partial charge in [-0.3, -0.25) is 14.5 Å². The minimum atomic E-state index is 0.0830. The van der Waals surface area contributed by atoms with Gasteiger partial charge in [-0.1, -0.05) is 13.0 Å². The van der Waals surface area contributed by atoms with Crippen molar-refractivity contribution in [3.05, 3.63) is 64.7 Å². The largest absolute Gasteiger partial charge is 0.376 e. The maximum Gasteiger partial charge on any atom is 0.253 e. The molecule has 0 N–H and O–H groups in total. The minimum Gasteiger partial charge on any atom is -0.376 e. The second-order valence-corrected chi connectivity index (χ2v) is 8.67. The molecule has 1 amide bonds. The number of benzene rings is 2. The van der Waals surface area contributed by atoms with Crippen molar-refractivity contribution in [2.75, 3.05) is 57.8 Å².